The molecule has 2 aliphatic rings. The molecule has 3 nitrogen and oxygen atoms in total. The van der Waals surface area contributed by atoms with E-state index >= 15 is 0 Å². The fraction of sp³-hybridized carbons (Fsp3) is 0.625. The molecule has 1 heterocycles. The Hall–Kier alpha value is -1.22. The van der Waals surface area contributed by atoms with Crippen LogP contribution in [0.4, 0.5) is 0 Å². The van der Waals surface area contributed by atoms with Gasteiger partial charge in [0.2, 0.25) is 0 Å². The second-order valence-corrected chi connectivity index (χ2v) is 5.72. The van der Waals surface area contributed by atoms with Gasteiger partial charge in [0.25, 0.3) is 0 Å². The Morgan fingerprint density at radius 2 is 2.32 bits per heavy atom. The molecule has 1 saturated carbocycles. The van der Waals surface area contributed by atoms with Crippen molar-refractivity contribution >= 4 is 5.78 Å². The van der Waals surface area contributed by atoms with Gasteiger partial charge in [0, 0.05) is 19.2 Å². The molecule has 1 aromatic rings. The van der Waals surface area contributed by atoms with E-state index in [1.54, 1.807) is 6.20 Å². The molecular formula is C16H21NO2. The zero-order chi connectivity index (χ0) is 13.2. The summed E-state index contributed by atoms with van der Waals surface area (Å²) in [7, 11) is 0. The standard InChI is InChI=1S/C16H21NO2/c1-2-19-13-8-11(9-13)10-15(18)14-6-5-12-4-3-7-17-16(12)14/h3-4,7,11,13-14H,2,5-6,8-10H2,1H3. The smallest absolute Gasteiger partial charge is 0.142 e. The molecule has 3 rings (SSSR count). The Labute approximate surface area is 114 Å². The maximum Gasteiger partial charge on any atom is 0.142 e. The van der Waals surface area contributed by atoms with Crippen LogP contribution in [0, 0.1) is 5.92 Å². The van der Waals surface area contributed by atoms with Crippen molar-refractivity contribution in [2.75, 3.05) is 6.61 Å². The predicted molar refractivity (Wildman–Crippen MR) is 73.1 cm³/mol. The third kappa shape index (κ3) is 2.57. The number of aryl methyl sites for hydroxylation is 1. The number of carbonyl (C=O) groups excluding carboxylic acids is 1. The van der Waals surface area contributed by atoms with Gasteiger partial charge in [-0.1, -0.05) is 6.07 Å². The van der Waals surface area contributed by atoms with Crippen LogP contribution < -0.4 is 0 Å². The number of rotatable bonds is 5. The second-order valence-electron chi connectivity index (χ2n) is 5.72. The molecule has 0 radical (unpaired) electrons. The lowest BCUT2D eigenvalue weighted by Crippen LogP contribution is -2.33. The molecule has 1 fully saturated rings. The molecule has 0 amide bonds. The van der Waals surface area contributed by atoms with Gasteiger partial charge in [0.1, 0.15) is 5.78 Å². The first-order chi connectivity index (χ1) is 9.28. The normalized spacial score (nSPS) is 28.8. The number of ether oxygens (including phenoxy) is 1. The summed E-state index contributed by atoms with van der Waals surface area (Å²) in [6.45, 7) is 2.81. The number of pyridine rings is 1. The third-order valence-electron chi connectivity index (χ3n) is 4.43. The summed E-state index contributed by atoms with van der Waals surface area (Å²) in [6.07, 6.45) is 6.99. The summed E-state index contributed by atoms with van der Waals surface area (Å²) in [4.78, 5) is 16.8. The second kappa shape index (κ2) is 5.41. The third-order valence-corrected chi connectivity index (χ3v) is 4.43. The van der Waals surface area contributed by atoms with Gasteiger partial charge < -0.3 is 4.74 Å². The van der Waals surface area contributed by atoms with Crippen molar-refractivity contribution in [1.82, 2.24) is 4.98 Å². The van der Waals surface area contributed by atoms with Gasteiger partial charge in [-0.05, 0) is 50.2 Å². The van der Waals surface area contributed by atoms with E-state index in [0.29, 0.717) is 24.2 Å². The van der Waals surface area contributed by atoms with E-state index in [1.807, 2.05) is 13.0 Å². The zero-order valence-corrected chi connectivity index (χ0v) is 11.5. The van der Waals surface area contributed by atoms with Gasteiger partial charge in [-0.3, -0.25) is 9.78 Å². The highest BCUT2D eigenvalue weighted by Gasteiger charge is 2.35. The number of hydrogen-bond acceptors (Lipinski definition) is 3. The minimum absolute atomic E-state index is 0.0577. The Kier molecular flexibility index (Phi) is 3.65. The molecule has 19 heavy (non-hydrogen) atoms. The molecule has 2 aliphatic carbocycles. The highest BCUT2D eigenvalue weighted by Crippen LogP contribution is 2.38. The number of hydrogen-bond donors (Lipinski definition) is 0. The summed E-state index contributed by atoms with van der Waals surface area (Å²) >= 11 is 0. The Bertz CT molecular complexity index is 466. The quantitative estimate of drug-likeness (QED) is 0.816. The first-order valence-electron chi connectivity index (χ1n) is 7.36. The highest BCUT2D eigenvalue weighted by molar-refractivity contribution is 5.86. The number of ketones is 1. The van der Waals surface area contributed by atoms with Crippen LogP contribution in [0.3, 0.4) is 0 Å². The molecule has 0 N–H and O–H groups in total. The minimum Gasteiger partial charge on any atom is -0.378 e. The van der Waals surface area contributed by atoms with Crippen molar-refractivity contribution in [2.24, 2.45) is 5.92 Å². The topological polar surface area (TPSA) is 39.2 Å². The lowest BCUT2D eigenvalue weighted by atomic mass is 9.77. The fourth-order valence-electron chi connectivity index (χ4n) is 3.37. The van der Waals surface area contributed by atoms with Gasteiger partial charge in [-0.2, -0.15) is 0 Å². The summed E-state index contributed by atoms with van der Waals surface area (Å²) in [5.74, 6) is 0.983. The molecule has 0 aliphatic heterocycles. The largest absolute Gasteiger partial charge is 0.378 e. The van der Waals surface area contributed by atoms with Crippen molar-refractivity contribution in [2.45, 2.75) is 51.0 Å². The van der Waals surface area contributed by atoms with Crippen LogP contribution in [-0.2, 0) is 16.0 Å². The first kappa shape index (κ1) is 12.8. The van der Waals surface area contributed by atoms with Gasteiger partial charge in [0.05, 0.1) is 17.7 Å². The Morgan fingerprint density at radius 1 is 1.47 bits per heavy atom. The van der Waals surface area contributed by atoms with Crippen molar-refractivity contribution in [1.29, 1.82) is 0 Å². The number of nitrogens with zero attached hydrogens (tertiary/aromatic N) is 1. The van der Waals surface area contributed by atoms with Crippen LogP contribution in [-0.4, -0.2) is 23.5 Å². The van der Waals surface area contributed by atoms with Crippen molar-refractivity contribution < 1.29 is 9.53 Å². The molecule has 0 saturated heterocycles. The van der Waals surface area contributed by atoms with E-state index in [-0.39, 0.29) is 5.92 Å². The molecule has 0 spiro atoms. The summed E-state index contributed by atoms with van der Waals surface area (Å²) in [6, 6.07) is 4.06. The molecule has 102 valence electrons. The summed E-state index contributed by atoms with van der Waals surface area (Å²) in [5.41, 5.74) is 2.30. The number of aromatic nitrogens is 1. The molecule has 1 atom stereocenters. The number of carbonyl (C=O) groups is 1. The van der Waals surface area contributed by atoms with Crippen LogP contribution in [0.5, 0.6) is 0 Å². The lowest BCUT2D eigenvalue weighted by Gasteiger charge is -2.35. The summed E-state index contributed by atoms with van der Waals surface area (Å²) in [5, 5.41) is 0. The van der Waals surface area contributed by atoms with E-state index in [4.69, 9.17) is 4.74 Å². The van der Waals surface area contributed by atoms with Crippen LogP contribution >= 0.6 is 0 Å². The molecular weight excluding hydrogens is 238 g/mol. The van der Waals surface area contributed by atoms with Crippen molar-refractivity contribution in [3.05, 3.63) is 29.6 Å². The molecule has 1 unspecified atom stereocenters. The van der Waals surface area contributed by atoms with Crippen LogP contribution in [0.15, 0.2) is 18.3 Å². The molecule has 0 aromatic carbocycles. The van der Waals surface area contributed by atoms with Gasteiger partial charge >= 0.3 is 0 Å². The van der Waals surface area contributed by atoms with Gasteiger partial charge in [-0.25, -0.2) is 0 Å². The van der Waals surface area contributed by atoms with E-state index in [0.717, 1.165) is 38.0 Å². The zero-order valence-electron chi connectivity index (χ0n) is 11.5. The average Bonchev–Trinajstić information content (AvgIpc) is 2.80. The van der Waals surface area contributed by atoms with Gasteiger partial charge in [-0.15, -0.1) is 0 Å². The van der Waals surface area contributed by atoms with E-state index in [9.17, 15) is 4.79 Å². The van der Waals surface area contributed by atoms with Crippen molar-refractivity contribution in [3.8, 4) is 0 Å². The summed E-state index contributed by atoms with van der Waals surface area (Å²) < 4.78 is 5.55. The van der Waals surface area contributed by atoms with Gasteiger partial charge in [0.15, 0.2) is 0 Å². The lowest BCUT2D eigenvalue weighted by molar-refractivity contribution is -0.123. The Balaban J connectivity index is 1.55. The van der Waals surface area contributed by atoms with Crippen LogP contribution in [0.2, 0.25) is 0 Å². The average molecular weight is 259 g/mol. The highest BCUT2D eigenvalue weighted by atomic mass is 16.5. The van der Waals surface area contributed by atoms with E-state index < -0.39 is 0 Å². The Morgan fingerprint density at radius 3 is 3.11 bits per heavy atom. The maximum atomic E-state index is 12.4. The fourth-order valence-corrected chi connectivity index (χ4v) is 3.37. The minimum atomic E-state index is 0.0577. The van der Waals surface area contributed by atoms with E-state index in [2.05, 4.69) is 11.1 Å². The molecule has 0 bridgehead atoms. The van der Waals surface area contributed by atoms with Crippen molar-refractivity contribution in [3.63, 3.8) is 0 Å². The maximum absolute atomic E-state index is 12.4. The molecule has 1 aromatic heterocycles. The predicted octanol–water partition coefficient (Wildman–Crippen LogP) is 2.89. The first-order valence-corrected chi connectivity index (χ1v) is 7.36. The monoisotopic (exact) mass is 259 g/mol. The van der Waals surface area contributed by atoms with Crippen LogP contribution in [0.25, 0.3) is 0 Å². The number of Topliss-reactive ketones (excluding diaryl/α,β-unsaturated/α-hetero) is 1. The SMILES string of the molecule is CCOC1CC(CC(=O)C2CCc3cccnc32)C1. The molecule has 3 heteroatoms. The van der Waals surface area contributed by atoms with E-state index in [1.165, 1.54) is 5.56 Å². The van der Waals surface area contributed by atoms with Crippen LogP contribution in [0.1, 0.15) is 49.8 Å². The number of fused-ring (bicyclic) bond motifs is 1.